The number of aliphatic hydroxyl groups is 1. The first-order valence-electron chi connectivity index (χ1n) is 11.6. The summed E-state index contributed by atoms with van der Waals surface area (Å²) in [6, 6.07) is 16.7. The molecular weight excluding hydrogens is 496 g/mol. The minimum Gasteiger partial charge on any atom is -0.503 e. The lowest BCUT2D eigenvalue weighted by Gasteiger charge is -2.26. The van der Waals surface area contributed by atoms with Crippen molar-refractivity contribution in [1.82, 2.24) is 4.98 Å². The number of carbonyl (C=O) groups excluding carboxylic acids is 3. The first kappa shape index (κ1) is 24.3. The summed E-state index contributed by atoms with van der Waals surface area (Å²) in [4.78, 5) is 45.1. The number of pyridine rings is 1. The van der Waals surface area contributed by atoms with Crippen LogP contribution in [-0.2, 0) is 9.53 Å². The molecule has 1 unspecified atom stereocenters. The summed E-state index contributed by atoms with van der Waals surface area (Å²) in [6.45, 7) is 2.14. The van der Waals surface area contributed by atoms with E-state index in [4.69, 9.17) is 20.8 Å². The summed E-state index contributed by atoms with van der Waals surface area (Å²) in [5, 5.41) is 12.0. The number of anilines is 1. The van der Waals surface area contributed by atoms with Gasteiger partial charge in [-0.1, -0.05) is 30.7 Å². The van der Waals surface area contributed by atoms with Crippen LogP contribution in [0.2, 0.25) is 5.02 Å². The third kappa shape index (κ3) is 4.47. The van der Waals surface area contributed by atoms with E-state index in [9.17, 15) is 19.5 Å². The molecule has 3 heterocycles. The number of fused-ring (bicyclic) bond motifs is 1. The van der Waals surface area contributed by atoms with E-state index in [-0.39, 0.29) is 29.2 Å². The van der Waals surface area contributed by atoms with Gasteiger partial charge < -0.3 is 14.3 Å². The van der Waals surface area contributed by atoms with Crippen LogP contribution in [-0.4, -0.2) is 34.4 Å². The van der Waals surface area contributed by atoms with E-state index in [1.165, 1.54) is 23.2 Å². The van der Waals surface area contributed by atoms with E-state index >= 15 is 0 Å². The molecule has 186 valence electrons. The molecule has 0 radical (unpaired) electrons. The molecule has 37 heavy (non-hydrogen) atoms. The third-order valence-corrected chi connectivity index (χ3v) is 6.16. The van der Waals surface area contributed by atoms with E-state index in [0.29, 0.717) is 28.1 Å². The van der Waals surface area contributed by atoms with Gasteiger partial charge in [-0.25, -0.2) is 4.79 Å². The summed E-state index contributed by atoms with van der Waals surface area (Å²) in [5.74, 6) is -2.81. The van der Waals surface area contributed by atoms with Crippen molar-refractivity contribution < 1.29 is 28.6 Å². The molecule has 2 aromatic heterocycles. The van der Waals surface area contributed by atoms with Gasteiger partial charge in [0.1, 0.15) is 11.6 Å². The Kier molecular flexibility index (Phi) is 6.50. The number of aromatic nitrogens is 1. The molecule has 1 aliphatic heterocycles. The Morgan fingerprint density at radius 3 is 2.70 bits per heavy atom. The molecule has 0 spiro atoms. The molecule has 9 heteroatoms. The first-order chi connectivity index (χ1) is 17.9. The summed E-state index contributed by atoms with van der Waals surface area (Å²) < 4.78 is 10.9. The van der Waals surface area contributed by atoms with Crippen LogP contribution in [0.3, 0.4) is 0 Å². The van der Waals surface area contributed by atoms with Crippen LogP contribution in [0.4, 0.5) is 5.69 Å². The normalized spacial score (nSPS) is 15.5. The number of furan rings is 1. The SMILES string of the molecule is CCCOC(=O)c1cccc(N2C(=O)C(O)=C(C(=O)c3cc4cc(Cl)ccc4o3)C2c2ccccn2)c1. The molecule has 0 saturated heterocycles. The van der Waals surface area contributed by atoms with Crippen molar-refractivity contribution >= 4 is 45.9 Å². The van der Waals surface area contributed by atoms with E-state index in [1.54, 1.807) is 54.6 Å². The zero-order valence-corrected chi connectivity index (χ0v) is 20.4. The van der Waals surface area contributed by atoms with Gasteiger partial charge in [-0.3, -0.25) is 19.5 Å². The van der Waals surface area contributed by atoms with Crippen LogP contribution >= 0.6 is 11.6 Å². The summed E-state index contributed by atoms with van der Waals surface area (Å²) >= 11 is 6.06. The van der Waals surface area contributed by atoms with Crippen molar-refractivity contribution in [3.05, 3.63) is 106 Å². The van der Waals surface area contributed by atoms with E-state index < -0.39 is 29.5 Å². The van der Waals surface area contributed by atoms with Gasteiger partial charge in [0.05, 0.1) is 23.4 Å². The smallest absolute Gasteiger partial charge is 0.338 e. The van der Waals surface area contributed by atoms with Crippen LogP contribution in [0.25, 0.3) is 11.0 Å². The van der Waals surface area contributed by atoms with Gasteiger partial charge in [0.25, 0.3) is 5.91 Å². The number of Topliss-reactive ketones (excluding diaryl/α,β-unsaturated/α-hetero) is 1. The Morgan fingerprint density at radius 2 is 1.95 bits per heavy atom. The van der Waals surface area contributed by atoms with Crippen LogP contribution in [0, 0.1) is 0 Å². The highest BCUT2D eigenvalue weighted by atomic mass is 35.5. The minimum atomic E-state index is -1.07. The number of ketones is 1. The van der Waals surface area contributed by atoms with Gasteiger partial charge in [-0.2, -0.15) is 0 Å². The molecule has 1 aliphatic rings. The Morgan fingerprint density at radius 1 is 1.11 bits per heavy atom. The number of esters is 1. The molecule has 0 aliphatic carbocycles. The highest BCUT2D eigenvalue weighted by Crippen LogP contribution is 2.42. The number of nitrogens with zero attached hydrogens (tertiary/aromatic N) is 2. The van der Waals surface area contributed by atoms with Crippen LogP contribution in [0.5, 0.6) is 0 Å². The van der Waals surface area contributed by atoms with Crippen molar-refractivity contribution in [3.8, 4) is 0 Å². The standard InChI is InChI=1S/C28H21ClN2O6/c1-2-12-36-28(35)16-6-5-7-19(14-16)31-24(20-8-3-4-11-30-20)23(26(33)27(31)34)25(32)22-15-17-13-18(29)9-10-21(17)37-22/h3-11,13-15,24,33H,2,12H2,1H3. The van der Waals surface area contributed by atoms with Crippen molar-refractivity contribution in [2.45, 2.75) is 19.4 Å². The maximum Gasteiger partial charge on any atom is 0.338 e. The Hall–Kier alpha value is -4.43. The lowest BCUT2D eigenvalue weighted by atomic mass is 9.98. The number of halogens is 1. The fourth-order valence-electron chi connectivity index (χ4n) is 4.24. The zero-order valence-electron chi connectivity index (χ0n) is 19.7. The second-order valence-electron chi connectivity index (χ2n) is 8.40. The van der Waals surface area contributed by atoms with Crippen molar-refractivity contribution in [2.75, 3.05) is 11.5 Å². The topological polar surface area (TPSA) is 110 Å². The molecular formula is C28H21ClN2O6. The highest BCUT2D eigenvalue weighted by Gasteiger charge is 2.46. The number of ether oxygens (including phenoxy) is 1. The number of rotatable bonds is 7. The van der Waals surface area contributed by atoms with Crippen LogP contribution in [0.1, 0.15) is 46.0 Å². The molecule has 0 bridgehead atoms. The number of hydrogen-bond donors (Lipinski definition) is 1. The third-order valence-electron chi connectivity index (χ3n) is 5.92. The van der Waals surface area contributed by atoms with Gasteiger partial charge in [0.2, 0.25) is 5.78 Å². The molecule has 4 aromatic rings. The van der Waals surface area contributed by atoms with Crippen molar-refractivity contribution in [2.24, 2.45) is 0 Å². The number of hydrogen-bond acceptors (Lipinski definition) is 7. The average Bonchev–Trinajstić information content (AvgIpc) is 3.45. The fraction of sp³-hybridized carbons (Fsp3) is 0.143. The quantitative estimate of drug-likeness (QED) is 0.243. The zero-order chi connectivity index (χ0) is 26.1. The summed E-state index contributed by atoms with van der Waals surface area (Å²) in [6.07, 6.45) is 2.19. The van der Waals surface area contributed by atoms with E-state index in [2.05, 4.69) is 4.98 Å². The second kappa shape index (κ2) is 9.91. The molecule has 1 atom stereocenters. The molecule has 5 rings (SSSR count). The van der Waals surface area contributed by atoms with Crippen molar-refractivity contribution in [1.29, 1.82) is 0 Å². The lowest BCUT2D eigenvalue weighted by Crippen LogP contribution is -2.31. The van der Waals surface area contributed by atoms with Gasteiger partial charge in [0, 0.05) is 22.3 Å². The lowest BCUT2D eigenvalue weighted by molar-refractivity contribution is -0.117. The number of amides is 1. The maximum absolute atomic E-state index is 13.7. The average molecular weight is 517 g/mol. The number of carbonyl (C=O) groups is 3. The summed E-state index contributed by atoms with van der Waals surface area (Å²) in [7, 11) is 0. The number of benzene rings is 2. The maximum atomic E-state index is 13.7. The molecule has 2 aromatic carbocycles. The van der Waals surface area contributed by atoms with Gasteiger partial charge in [-0.15, -0.1) is 0 Å². The molecule has 0 saturated carbocycles. The first-order valence-corrected chi connectivity index (χ1v) is 12.0. The number of aliphatic hydroxyl groups excluding tert-OH is 1. The predicted octanol–water partition coefficient (Wildman–Crippen LogP) is 5.83. The van der Waals surface area contributed by atoms with E-state index in [1.807, 2.05) is 6.92 Å². The van der Waals surface area contributed by atoms with Crippen molar-refractivity contribution in [3.63, 3.8) is 0 Å². The monoisotopic (exact) mass is 516 g/mol. The van der Waals surface area contributed by atoms with Crippen LogP contribution < -0.4 is 4.90 Å². The Labute approximate surface area is 216 Å². The Bertz CT molecular complexity index is 1560. The predicted molar refractivity (Wildman–Crippen MR) is 137 cm³/mol. The van der Waals surface area contributed by atoms with E-state index in [0.717, 1.165) is 0 Å². The van der Waals surface area contributed by atoms with Crippen LogP contribution in [0.15, 0.2) is 88.7 Å². The second-order valence-corrected chi connectivity index (χ2v) is 8.84. The largest absolute Gasteiger partial charge is 0.503 e. The minimum absolute atomic E-state index is 0.0636. The fourth-order valence-corrected chi connectivity index (χ4v) is 4.42. The summed E-state index contributed by atoms with van der Waals surface area (Å²) in [5.41, 5.74) is 1.11. The highest BCUT2D eigenvalue weighted by molar-refractivity contribution is 6.31. The molecule has 1 N–H and O–H groups in total. The molecule has 1 amide bonds. The Balaban J connectivity index is 1.59. The molecule has 8 nitrogen and oxygen atoms in total. The van der Waals surface area contributed by atoms with Gasteiger partial charge in [-0.05, 0) is 61.0 Å². The molecule has 0 fully saturated rings. The van der Waals surface area contributed by atoms with Gasteiger partial charge in [0.15, 0.2) is 11.5 Å². The van der Waals surface area contributed by atoms with Gasteiger partial charge >= 0.3 is 5.97 Å².